The van der Waals surface area contributed by atoms with Crippen molar-refractivity contribution in [3.05, 3.63) is 86.5 Å². The van der Waals surface area contributed by atoms with Crippen molar-refractivity contribution < 1.29 is 4.74 Å². The highest BCUT2D eigenvalue weighted by molar-refractivity contribution is 6.20. The maximum atomic E-state index is 13.0. The van der Waals surface area contributed by atoms with Gasteiger partial charge in [-0.2, -0.15) is 0 Å². The van der Waals surface area contributed by atoms with Crippen LogP contribution < -0.4 is 26.9 Å². The van der Waals surface area contributed by atoms with Gasteiger partial charge < -0.3 is 29.9 Å². The SMILES string of the molecule is CN/C=C(\C(=N)N)c1cc2c(-c3cc(=O)n(C)cc3Oc3c(C)cccc3C)cn(C)c(=O)c2[nH]1. The average molecular weight is 473 g/mol. The number of hydrogen-bond acceptors (Lipinski definition) is 5. The maximum Gasteiger partial charge on any atom is 0.274 e. The molecule has 5 N–H and O–H groups in total. The minimum absolute atomic E-state index is 0.156. The van der Waals surface area contributed by atoms with Crippen LogP contribution in [0, 0.1) is 19.3 Å². The molecular formula is C26H28N6O3. The average Bonchev–Trinajstić information content (AvgIpc) is 3.24. The Morgan fingerprint density at radius 2 is 1.77 bits per heavy atom. The Morgan fingerprint density at radius 1 is 1.09 bits per heavy atom. The van der Waals surface area contributed by atoms with Crippen molar-refractivity contribution in [3.63, 3.8) is 0 Å². The summed E-state index contributed by atoms with van der Waals surface area (Å²) in [4.78, 5) is 28.8. The van der Waals surface area contributed by atoms with Crippen LogP contribution >= 0.6 is 0 Å². The number of rotatable bonds is 6. The first kappa shape index (κ1) is 23.6. The Morgan fingerprint density at radius 3 is 2.40 bits per heavy atom. The van der Waals surface area contributed by atoms with E-state index >= 15 is 0 Å². The molecule has 4 rings (SSSR count). The summed E-state index contributed by atoms with van der Waals surface area (Å²) >= 11 is 0. The third-order valence-corrected chi connectivity index (χ3v) is 5.94. The number of H-pyrrole nitrogens is 1. The van der Waals surface area contributed by atoms with E-state index in [2.05, 4.69) is 10.3 Å². The van der Waals surface area contributed by atoms with E-state index in [1.807, 2.05) is 32.0 Å². The fourth-order valence-electron chi connectivity index (χ4n) is 4.11. The maximum absolute atomic E-state index is 13.0. The second-order valence-corrected chi connectivity index (χ2v) is 8.51. The molecule has 0 radical (unpaired) electrons. The summed E-state index contributed by atoms with van der Waals surface area (Å²) in [7, 11) is 5.01. The third-order valence-electron chi connectivity index (χ3n) is 5.94. The van der Waals surface area contributed by atoms with E-state index in [4.69, 9.17) is 15.9 Å². The topological polar surface area (TPSA) is 131 Å². The Hall–Kier alpha value is -4.53. The van der Waals surface area contributed by atoms with E-state index in [1.165, 1.54) is 15.2 Å². The molecule has 0 amide bonds. The van der Waals surface area contributed by atoms with Gasteiger partial charge in [0, 0.05) is 56.1 Å². The predicted octanol–water partition coefficient (Wildman–Crippen LogP) is 3.14. The zero-order valence-electron chi connectivity index (χ0n) is 20.3. The molecule has 3 aromatic heterocycles. The van der Waals surface area contributed by atoms with Crippen LogP contribution in [0.4, 0.5) is 0 Å². The number of ether oxygens (including phenoxy) is 1. The van der Waals surface area contributed by atoms with Crippen LogP contribution in [0.2, 0.25) is 0 Å². The molecule has 9 nitrogen and oxygen atoms in total. The molecule has 9 heteroatoms. The number of aromatic nitrogens is 3. The Kier molecular flexibility index (Phi) is 6.09. The number of nitrogens with zero attached hydrogens (tertiary/aromatic N) is 2. The van der Waals surface area contributed by atoms with Crippen molar-refractivity contribution in [2.75, 3.05) is 7.05 Å². The van der Waals surface area contributed by atoms with Gasteiger partial charge in [0.2, 0.25) is 0 Å². The molecule has 4 aromatic rings. The van der Waals surface area contributed by atoms with Crippen LogP contribution in [0.15, 0.2) is 58.5 Å². The summed E-state index contributed by atoms with van der Waals surface area (Å²) in [6, 6.07) is 9.15. The van der Waals surface area contributed by atoms with Gasteiger partial charge in [0.05, 0.1) is 17.5 Å². The van der Waals surface area contributed by atoms with Gasteiger partial charge in [-0.05, 0) is 31.0 Å². The number of pyridine rings is 2. The van der Waals surface area contributed by atoms with Gasteiger partial charge in [-0.1, -0.05) is 18.2 Å². The first-order valence-corrected chi connectivity index (χ1v) is 11.0. The molecule has 0 unspecified atom stereocenters. The summed E-state index contributed by atoms with van der Waals surface area (Å²) in [5.74, 6) is 1.03. The normalized spacial score (nSPS) is 11.6. The summed E-state index contributed by atoms with van der Waals surface area (Å²) < 4.78 is 9.29. The molecule has 3 heterocycles. The highest BCUT2D eigenvalue weighted by Gasteiger charge is 2.20. The van der Waals surface area contributed by atoms with Crippen molar-refractivity contribution in [2.45, 2.75) is 13.8 Å². The molecule has 35 heavy (non-hydrogen) atoms. The molecule has 0 saturated heterocycles. The number of aromatic amines is 1. The molecule has 0 bridgehead atoms. The van der Waals surface area contributed by atoms with E-state index in [0.29, 0.717) is 44.8 Å². The van der Waals surface area contributed by atoms with E-state index in [0.717, 1.165) is 11.1 Å². The summed E-state index contributed by atoms with van der Waals surface area (Å²) in [6.07, 6.45) is 4.92. The number of aryl methyl sites for hydroxylation is 4. The van der Waals surface area contributed by atoms with Crippen molar-refractivity contribution >= 4 is 22.3 Å². The zero-order valence-corrected chi connectivity index (χ0v) is 20.3. The minimum Gasteiger partial charge on any atom is -0.455 e. The van der Waals surface area contributed by atoms with Gasteiger partial charge in [0.15, 0.2) is 5.75 Å². The van der Waals surface area contributed by atoms with Crippen LogP contribution in [0.1, 0.15) is 16.8 Å². The van der Waals surface area contributed by atoms with Gasteiger partial charge in [0.25, 0.3) is 11.1 Å². The first-order valence-electron chi connectivity index (χ1n) is 11.0. The van der Waals surface area contributed by atoms with E-state index in [1.54, 1.807) is 45.8 Å². The number of amidine groups is 1. The van der Waals surface area contributed by atoms with Gasteiger partial charge in [-0.3, -0.25) is 15.0 Å². The molecular weight excluding hydrogens is 444 g/mol. The fraction of sp³-hybridized carbons (Fsp3) is 0.192. The van der Waals surface area contributed by atoms with E-state index in [-0.39, 0.29) is 17.0 Å². The summed E-state index contributed by atoms with van der Waals surface area (Å²) in [5.41, 5.74) is 9.67. The molecule has 0 saturated carbocycles. The van der Waals surface area contributed by atoms with Crippen LogP contribution in [0.25, 0.3) is 27.6 Å². The zero-order chi connectivity index (χ0) is 25.4. The Bertz CT molecular complexity index is 1600. The smallest absolute Gasteiger partial charge is 0.274 e. The second kappa shape index (κ2) is 9.02. The third kappa shape index (κ3) is 4.23. The number of para-hydroxylation sites is 1. The van der Waals surface area contributed by atoms with Crippen molar-refractivity contribution in [3.8, 4) is 22.6 Å². The number of nitrogens with two attached hydrogens (primary N) is 1. The molecule has 0 atom stereocenters. The van der Waals surface area contributed by atoms with E-state index < -0.39 is 0 Å². The van der Waals surface area contributed by atoms with Crippen LogP contribution in [-0.2, 0) is 14.1 Å². The minimum atomic E-state index is -0.247. The number of benzene rings is 1. The van der Waals surface area contributed by atoms with Crippen molar-refractivity contribution in [1.29, 1.82) is 5.41 Å². The molecule has 180 valence electrons. The molecule has 0 fully saturated rings. The Balaban J connectivity index is 2.02. The number of fused-ring (bicyclic) bond motifs is 1. The predicted molar refractivity (Wildman–Crippen MR) is 139 cm³/mol. The van der Waals surface area contributed by atoms with Crippen molar-refractivity contribution in [1.82, 2.24) is 19.4 Å². The molecule has 1 aromatic carbocycles. The van der Waals surface area contributed by atoms with Crippen LogP contribution in [0.5, 0.6) is 11.5 Å². The lowest BCUT2D eigenvalue weighted by Gasteiger charge is -2.17. The highest BCUT2D eigenvalue weighted by Crippen LogP contribution is 2.38. The van der Waals surface area contributed by atoms with Crippen molar-refractivity contribution in [2.24, 2.45) is 19.8 Å². The number of nitrogens with one attached hydrogen (secondary N) is 3. The van der Waals surface area contributed by atoms with Gasteiger partial charge in [-0.15, -0.1) is 0 Å². The largest absolute Gasteiger partial charge is 0.455 e. The van der Waals surface area contributed by atoms with Crippen LogP contribution in [-0.4, -0.2) is 27.0 Å². The van der Waals surface area contributed by atoms with Gasteiger partial charge in [-0.25, -0.2) is 0 Å². The summed E-state index contributed by atoms with van der Waals surface area (Å²) in [5, 5.41) is 11.4. The summed E-state index contributed by atoms with van der Waals surface area (Å²) in [6.45, 7) is 3.93. The van der Waals surface area contributed by atoms with E-state index in [9.17, 15) is 9.59 Å². The molecule has 0 aliphatic rings. The fourth-order valence-corrected chi connectivity index (χ4v) is 4.11. The monoisotopic (exact) mass is 472 g/mol. The standard InChI is InChI=1S/C26H28N6O3/c1-14-7-6-8-15(2)24(14)35-21-13-31(4)22(33)10-16(21)19-12-32(5)26(34)23-17(19)9-20(30-23)18(11-29-3)25(27)28/h6-13,29-30H,1-5H3,(H3,27,28)/b18-11-. The molecule has 0 aliphatic heterocycles. The highest BCUT2D eigenvalue weighted by atomic mass is 16.5. The lowest BCUT2D eigenvalue weighted by Crippen LogP contribution is -2.18. The number of hydrogen-bond donors (Lipinski definition) is 4. The second-order valence-electron chi connectivity index (χ2n) is 8.51. The molecule has 0 spiro atoms. The lowest BCUT2D eigenvalue weighted by atomic mass is 10.0. The first-order chi connectivity index (χ1) is 16.6. The lowest BCUT2D eigenvalue weighted by molar-refractivity contribution is 0.470. The van der Waals surface area contributed by atoms with Gasteiger partial charge in [0.1, 0.15) is 17.1 Å². The van der Waals surface area contributed by atoms with Crippen LogP contribution in [0.3, 0.4) is 0 Å². The Labute approximate surface area is 202 Å². The van der Waals surface area contributed by atoms with Gasteiger partial charge >= 0.3 is 0 Å². The molecule has 0 aliphatic carbocycles. The quantitative estimate of drug-likeness (QED) is 0.253.